The van der Waals surface area contributed by atoms with Crippen molar-refractivity contribution < 1.29 is 9.47 Å². The molecule has 1 aliphatic carbocycles. The van der Waals surface area contributed by atoms with Gasteiger partial charge in [0.05, 0.1) is 6.10 Å². The second-order valence-electron chi connectivity index (χ2n) is 3.56. The zero-order valence-electron chi connectivity index (χ0n) is 8.51. The van der Waals surface area contributed by atoms with Gasteiger partial charge in [0.25, 0.3) is 0 Å². The van der Waals surface area contributed by atoms with Gasteiger partial charge in [-0.3, -0.25) is 0 Å². The number of methoxy groups -OCH3 is 1. The van der Waals surface area contributed by atoms with Gasteiger partial charge in [-0.25, -0.2) is 4.98 Å². The Hall–Kier alpha value is -1.60. The van der Waals surface area contributed by atoms with Crippen molar-refractivity contribution in [1.82, 2.24) is 4.98 Å². The molecule has 0 aliphatic heterocycles. The van der Waals surface area contributed by atoms with Gasteiger partial charge in [0, 0.05) is 32.2 Å². The molecule has 1 heterocycles. The Kier molecular flexibility index (Phi) is 2.84. The molecule has 0 spiro atoms. The number of hydrogen-bond donors (Lipinski definition) is 0. The molecule has 0 N–H and O–H groups in total. The summed E-state index contributed by atoms with van der Waals surface area (Å²) in [5, 5.41) is 8.66. The van der Waals surface area contributed by atoms with Gasteiger partial charge in [-0.05, 0) is 6.07 Å². The van der Waals surface area contributed by atoms with E-state index in [1.807, 2.05) is 6.07 Å². The van der Waals surface area contributed by atoms with Crippen LogP contribution in [0.4, 0.5) is 0 Å². The molecule has 1 aliphatic rings. The maximum absolute atomic E-state index is 8.66. The summed E-state index contributed by atoms with van der Waals surface area (Å²) in [4.78, 5) is 3.87. The number of aromatic nitrogens is 1. The van der Waals surface area contributed by atoms with E-state index in [0.717, 1.165) is 12.8 Å². The second kappa shape index (κ2) is 4.28. The Morgan fingerprint density at radius 1 is 1.47 bits per heavy atom. The largest absolute Gasteiger partial charge is 0.490 e. The van der Waals surface area contributed by atoms with Crippen molar-refractivity contribution in [2.45, 2.75) is 25.0 Å². The van der Waals surface area contributed by atoms with Crippen LogP contribution in [0.1, 0.15) is 18.5 Å². The molecule has 1 fully saturated rings. The van der Waals surface area contributed by atoms with Crippen molar-refractivity contribution in [3.63, 3.8) is 0 Å². The predicted octanol–water partition coefficient (Wildman–Crippen LogP) is 1.51. The third-order valence-electron chi connectivity index (χ3n) is 2.53. The monoisotopic (exact) mass is 204 g/mol. The Morgan fingerprint density at radius 2 is 2.27 bits per heavy atom. The third kappa shape index (κ3) is 2.25. The van der Waals surface area contributed by atoms with Crippen LogP contribution < -0.4 is 4.74 Å². The van der Waals surface area contributed by atoms with Crippen molar-refractivity contribution in [2.75, 3.05) is 7.11 Å². The van der Waals surface area contributed by atoms with Crippen LogP contribution in [0.25, 0.3) is 0 Å². The molecule has 15 heavy (non-hydrogen) atoms. The van der Waals surface area contributed by atoms with Gasteiger partial charge >= 0.3 is 0 Å². The molecule has 4 heteroatoms. The molecule has 0 bridgehead atoms. The molecule has 0 radical (unpaired) electrons. The highest BCUT2D eigenvalue weighted by Crippen LogP contribution is 2.27. The number of rotatable bonds is 3. The molecule has 0 atom stereocenters. The summed E-state index contributed by atoms with van der Waals surface area (Å²) in [6.07, 6.45) is 3.96. The number of nitrogens with zero attached hydrogens (tertiary/aromatic N) is 2. The number of pyridine rings is 1. The summed E-state index contributed by atoms with van der Waals surface area (Å²) in [5.41, 5.74) is 0.384. The lowest BCUT2D eigenvalue weighted by Gasteiger charge is -2.34. The lowest BCUT2D eigenvalue weighted by Crippen LogP contribution is -2.38. The van der Waals surface area contributed by atoms with E-state index in [9.17, 15) is 0 Å². The van der Waals surface area contributed by atoms with Crippen LogP contribution in [0.15, 0.2) is 18.3 Å². The van der Waals surface area contributed by atoms with E-state index in [2.05, 4.69) is 4.98 Å². The van der Waals surface area contributed by atoms with E-state index in [-0.39, 0.29) is 6.10 Å². The Balaban J connectivity index is 1.92. The van der Waals surface area contributed by atoms with Gasteiger partial charge in [-0.2, -0.15) is 5.26 Å². The Bertz CT molecular complexity index is 380. The molecule has 4 nitrogen and oxygen atoms in total. The third-order valence-corrected chi connectivity index (χ3v) is 2.53. The fourth-order valence-corrected chi connectivity index (χ4v) is 1.54. The molecule has 1 saturated carbocycles. The van der Waals surface area contributed by atoms with Gasteiger partial charge in [0.1, 0.15) is 23.6 Å². The first-order chi connectivity index (χ1) is 7.31. The minimum absolute atomic E-state index is 0.212. The quantitative estimate of drug-likeness (QED) is 0.748. The average molecular weight is 204 g/mol. The molecule has 0 unspecified atom stereocenters. The minimum atomic E-state index is 0.212. The number of nitriles is 1. The standard InChI is InChI=1S/C11H12N2O2/c1-14-10-5-11(6-10)15-9-2-3-13-8(4-9)7-12/h2-4,10-11H,5-6H2,1H3/t10-,11-. The summed E-state index contributed by atoms with van der Waals surface area (Å²) in [5.74, 6) is 0.709. The van der Waals surface area contributed by atoms with Crippen LogP contribution in [0.5, 0.6) is 5.75 Å². The summed E-state index contributed by atoms with van der Waals surface area (Å²) in [7, 11) is 1.71. The summed E-state index contributed by atoms with van der Waals surface area (Å²) in [6, 6.07) is 5.40. The maximum Gasteiger partial charge on any atom is 0.144 e. The van der Waals surface area contributed by atoms with E-state index >= 15 is 0 Å². The van der Waals surface area contributed by atoms with Crippen LogP contribution in [0, 0.1) is 11.3 Å². The fraction of sp³-hybridized carbons (Fsp3) is 0.455. The van der Waals surface area contributed by atoms with Crippen LogP contribution >= 0.6 is 0 Å². The van der Waals surface area contributed by atoms with E-state index in [0.29, 0.717) is 17.5 Å². The lowest BCUT2D eigenvalue weighted by atomic mass is 9.92. The first kappa shape index (κ1) is 9.94. The van der Waals surface area contributed by atoms with Crippen LogP contribution in [0.3, 0.4) is 0 Å². The Morgan fingerprint density at radius 3 is 2.93 bits per heavy atom. The minimum Gasteiger partial charge on any atom is -0.490 e. The summed E-state index contributed by atoms with van der Waals surface area (Å²) < 4.78 is 10.8. The van der Waals surface area contributed by atoms with Gasteiger partial charge < -0.3 is 9.47 Å². The predicted molar refractivity (Wildman–Crippen MR) is 53.4 cm³/mol. The van der Waals surface area contributed by atoms with Crippen LogP contribution in [-0.4, -0.2) is 24.3 Å². The van der Waals surface area contributed by atoms with E-state index < -0.39 is 0 Å². The normalized spacial score (nSPS) is 24.0. The Labute approximate surface area is 88.5 Å². The van der Waals surface area contributed by atoms with E-state index in [1.54, 1.807) is 25.4 Å². The average Bonchev–Trinajstić information content (AvgIpc) is 2.23. The van der Waals surface area contributed by atoms with Crippen molar-refractivity contribution in [3.8, 4) is 11.8 Å². The molecular weight excluding hydrogens is 192 g/mol. The summed E-state index contributed by atoms with van der Waals surface area (Å²) >= 11 is 0. The van der Waals surface area contributed by atoms with Crippen LogP contribution in [-0.2, 0) is 4.74 Å². The molecule has 78 valence electrons. The molecule has 0 saturated heterocycles. The highest BCUT2D eigenvalue weighted by Gasteiger charge is 2.30. The van der Waals surface area contributed by atoms with Crippen molar-refractivity contribution in [3.05, 3.63) is 24.0 Å². The maximum atomic E-state index is 8.66. The van der Waals surface area contributed by atoms with Gasteiger partial charge in [0.15, 0.2) is 0 Å². The van der Waals surface area contributed by atoms with Gasteiger partial charge in [0.2, 0.25) is 0 Å². The molecular formula is C11H12N2O2. The van der Waals surface area contributed by atoms with Gasteiger partial charge in [-0.15, -0.1) is 0 Å². The zero-order valence-corrected chi connectivity index (χ0v) is 8.51. The highest BCUT2D eigenvalue weighted by atomic mass is 16.5. The van der Waals surface area contributed by atoms with E-state index in [4.69, 9.17) is 14.7 Å². The SMILES string of the molecule is CO[C@H]1C[C@H](Oc2ccnc(C#N)c2)C1. The number of hydrogen-bond acceptors (Lipinski definition) is 4. The lowest BCUT2D eigenvalue weighted by molar-refractivity contribution is -0.0381. The smallest absolute Gasteiger partial charge is 0.144 e. The first-order valence-electron chi connectivity index (χ1n) is 4.87. The zero-order chi connectivity index (χ0) is 10.7. The first-order valence-corrected chi connectivity index (χ1v) is 4.87. The molecule has 0 amide bonds. The van der Waals surface area contributed by atoms with Gasteiger partial charge in [-0.1, -0.05) is 0 Å². The molecule has 0 aromatic carbocycles. The van der Waals surface area contributed by atoms with Crippen molar-refractivity contribution in [1.29, 1.82) is 5.26 Å². The highest BCUT2D eigenvalue weighted by molar-refractivity contribution is 5.30. The number of ether oxygens (including phenoxy) is 2. The molecule has 1 aromatic rings. The second-order valence-corrected chi connectivity index (χ2v) is 3.56. The topological polar surface area (TPSA) is 55.1 Å². The molecule has 2 rings (SSSR count). The summed E-state index contributed by atoms with van der Waals surface area (Å²) in [6.45, 7) is 0. The van der Waals surface area contributed by atoms with Crippen molar-refractivity contribution in [2.24, 2.45) is 0 Å². The fourth-order valence-electron chi connectivity index (χ4n) is 1.54. The van der Waals surface area contributed by atoms with Crippen molar-refractivity contribution >= 4 is 0 Å². The molecule has 1 aromatic heterocycles. The van der Waals surface area contributed by atoms with E-state index in [1.165, 1.54) is 0 Å². The van der Waals surface area contributed by atoms with Crippen LogP contribution in [0.2, 0.25) is 0 Å².